The zero-order valence-corrected chi connectivity index (χ0v) is 12.9. The molecule has 1 aromatic rings. The molecule has 0 bridgehead atoms. The Hall–Kier alpha value is -1.57. The second-order valence-corrected chi connectivity index (χ2v) is 6.41. The molecule has 0 heterocycles. The van der Waals surface area contributed by atoms with Crippen molar-refractivity contribution in [1.82, 2.24) is 0 Å². The van der Waals surface area contributed by atoms with Gasteiger partial charge in [0.1, 0.15) is 5.60 Å². The lowest BCUT2D eigenvalue weighted by Crippen LogP contribution is -2.41. The van der Waals surface area contributed by atoms with Gasteiger partial charge in [0.2, 0.25) is 0 Å². The Morgan fingerprint density at radius 1 is 1.35 bits per heavy atom. The van der Waals surface area contributed by atoms with Crippen molar-refractivity contribution in [1.29, 1.82) is 0 Å². The molecule has 0 amide bonds. The molecule has 2 unspecified atom stereocenters. The van der Waals surface area contributed by atoms with E-state index in [1.54, 1.807) is 6.92 Å². The van der Waals surface area contributed by atoms with Crippen LogP contribution in [0.4, 0.5) is 0 Å². The summed E-state index contributed by atoms with van der Waals surface area (Å²) in [6.07, 6.45) is 2.11. The summed E-state index contributed by atoms with van der Waals surface area (Å²) in [5, 5.41) is 0. The average molecular weight is 272 g/mol. The molecule has 0 fully saturated rings. The number of hydrogen-bond donors (Lipinski definition) is 0. The van der Waals surface area contributed by atoms with E-state index in [0.717, 1.165) is 12.8 Å². The number of aryl methyl sites for hydroxylation is 1. The van der Waals surface area contributed by atoms with Gasteiger partial charge in [-0.05, 0) is 50.7 Å². The standard InChI is InChI=1S/C18H24O2/c1-12(2)17(19)20-18(4,5)16-11-10-14-8-6-7-9-15(14)13(16)3/h6-9,13,16H,1,10-11H2,2-5H3. The van der Waals surface area contributed by atoms with E-state index in [1.807, 2.05) is 13.8 Å². The molecule has 1 aromatic carbocycles. The van der Waals surface area contributed by atoms with Crippen LogP contribution >= 0.6 is 0 Å². The second kappa shape index (κ2) is 5.43. The van der Waals surface area contributed by atoms with Crippen LogP contribution in [-0.4, -0.2) is 11.6 Å². The summed E-state index contributed by atoms with van der Waals surface area (Å²) in [4.78, 5) is 11.8. The van der Waals surface area contributed by atoms with Gasteiger partial charge in [-0.25, -0.2) is 4.79 Å². The minimum Gasteiger partial charge on any atom is -0.456 e. The molecule has 2 heteroatoms. The van der Waals surface area contributed by atoms with Crippen LogP contribution in [0, 0.1) is 5.92 Å². The number of carbonyl (C=O) groups is 1. The Labute approximate surface area is 121 Å². The number of esters is 1. The number of ether oxygens (including phenoxy) is 1. The molecular weight excluding hydrogens is 248 g/mol. The van der Waals surface area contributed by atoms with Crippen molar-refractivity contribution < 1.29 is 9.53 Å². The summed E-state index contributed by atoms with van der Waals surface area (Å²) in [6.45, 7) is 11.6. The maximum Gasteiger partial charge on any atom is 0.333 e. The Morgan fingerprint density at radius 2 is 2.00 bits per heavy atom. The molecule has 0 spiro atoms. The molecule has 0 aliphatic heterocycles. The van der Waals surface area contributed by atoms with E-state index in [2.05, 4.69) is 37.8 Å². The first kappa shape index (κ1) is 14.8. The molecule has 0 radical (unpaired) electrons. The van der Waals surface area contributed by atoms with E-state index in [1.165, 1.54) is 11.1 Å². The van der Waals surface area contributed by atoms with Gasteiger partial charge in [-0.2, -0.15) is 0 Å². The lowest BCUT2D eigenvalue weighted by molar-refractivity contribution is -0.158. The van der Waals surface area contributed by atoms with Crippen LogP contribution in [0.2, 0.25) is 0 Å². The zero-order chi connectivity index (χ0) is 14.9. The highest BCUT2D eigenvalue weighted by Gasteiger charge is 2.40. The maximum atomic E-state index is 11.8. The fraction of sp³-hybridized carbons (Fsp3) is 0.500. The van der Waals surface area contributed by atoms with Crippen LogP contribution in [0.25, 0.3) is 0 Å². The van der Waals surface area contributed by atoms with Crippen molar-refractivity contribution >= 4 is 5.97 Å². The van der Waals surface area contributed by atoms with Gasteiger partial charge in [-0.1, -0.05) is 37.8 Å². The SMILES string of the molecule is C=C(C)C(=O)OC(C)(C)C1CCc2ccccc2C1C. The largest absolute Gasteiger partial charge is 0.456 e. The van der Waals surface area contributed by atoms with Crippen molar-refractivity contribution in [3.05, 3.63) is 47.5 Å². The summed E-state index contributed by atoms with van der Waals surface area (Å²) in [7, 11) is 0. The molecule has 1 aliphatic rings. The first-order valence-electron chi connectivity index (χ1n) is 7.29. The predicted molar refractivity (Wildman–Crippen MR) is 81.7 cm³/mol. The minimum atomic E-state index is -0.469. The van der Waals surface area contributed by atoms with Crippen LogP contribution in [-0.2, 0) is 16.0 Å². The molecule has 0 N–H and O–H groups in total. The van der Waals surface area contributed by atoms with Crippen molar-refractivity contribution in [2.45, 2.75) is 52.1 Å². The van der Waals surface area contributed by atoms with Crippen LogP contribution < -0.4 is 0 Å². The molecule has 0 saturated carbocycles. The van der Waals surface area contributed by atoms with Gasteiger partial charge in [0.25, 0.3) is 0 Å². The molecular formula is C18H24O2. The monoisotopic (exact) mass is 272 g/mol. The topological polar surface area (TPSA) is 26.3 Å². The van der Waals surface area contributed by atoms with Gasteiger partial charge < -0.3 is 4.74 Å². The van der Waals surface area contributed by atoms with E-state index in [9.17, 15) is 4.79 Å². The lowest BCUT2D eigenvalue weighted by atomic mass is 9.69. The molecule has 2 nitrogen and oxygen atoms in total. The predicted octanol–water partition coefficient (Wildman–Crippen LogP) is 4.25. The Morgan fingerprint density at radius 3 is 2.65 bits per heavy atom. The molecule has 1 aliphatic carbocycles. The summed E-state index contributed by atoms with van der Waals surface area (Å²) >= 11 is 0. The highest BCUT2D eigenvalue weighted by Crippen LogP contribution is 2.43. The molecule has 0 aromatic heterocycles. The van der Waals surface area contributed by atoms with Crippen LogP contribution in [0.3, 0.4) is 0 Å². The van der Waals surface area contributed by atoms with E-state index >= 15 is 0 Å². The molecule has 2 rings (SSSR count). The highest BCUT2D eigenvalue weighted by atomic mass is 16.6. The van der Waals surface area contributed by atoms with E-state index in [4.69, 9.17) is 4.74 Å². The maximum absolute atomic E-state index is 11.8. The Balaban J connectivity index is 2.22. The summed E-state index contributed by atoms with van der Waals surface area (Å²) in [5.41, 5.74) is 2.81. The fourth-order valence-electron chi connectivity index (χ4n) is 3.34. The van der Waals surface area contributed by atoms with Crippen molar-refractivity contribution in [2.24, 2.45) is 5.92 Å². The zero-order valence-electron chi connectivity index (χ0n) is 12.9. The van der Waals surface area contributed by atoms with Gasteiger partial charge in [-0.15, -0.1) is 0 Å². The molecule has 20 heavy (non-hydrogen) atoms. The molecule has 108 valence electrons. The quantitative estimate of drug-likeness (QED) is 0.607. The van der Waals surface area contributed by atoms with E-state index < -0.39 is 5.60 Å². The summed E-state index contributed by atoms with van der Waals surface area (Å²) < 4.78 is 5.69. The first-order chi connectivity index (χ1) is 9.33. The van der Waals surface area contributed by atoms with Crippen molar-refractivity contribution in [3.8, 4) is 0 Å². The third-order valence-electron chi connectivity index (χ3n) is 4.47. The van der Waals surface area contributed by atoms with Crippen LogP contribution in [0.15, 0.2) is 36.4 Å². The number of benzene rings is 1. The van der Waals surface area contributed by atoms with Gasteiger partial charge in [-0.3, -0.25) is 0 Å². The third kappa shape index (κ3) is 2.79. The third-order valence-corrected chi connectivity index (χ3v) is 4.47. The van der Waals surface area contributed by atoms with Crippen LogP contribution in [0.1, 0.15) is 51.2 Å². The molecule has 2 atom stereocenters. The van der Waals surface area contributed by atoms with E-state index in [0.29, 0.717) is 17.4 Å². The van der Waals surface area contributed by atoms with Gasteiger partial charge in [0.15, 0.2) is 0 Å². The van der Waals surface area contributed by atoms with Gasteiger partial charge in [0.05, 0.1) is 0 Å². The summed E-state index contributed by atoms with van der Waals surface area (Å²) in [6, 6.07) is 8.58. The lowest BCUT2D eigenvalue weighted by Gasteiger charge is -2.41. The second-order valence-electron chi connectivity index (χ2n) is 6.41. The number of carbonyl (C=O) groups excluding carboxylic acids is 1. The molecule has 0 saturated heterocycles. The Kier molecular flexibility index (Phi) is 4.03. The van der Waals surface area contributed by atoms with Gasteiger partial charge >= 0.3 is 5.97 Å². The number of hydrogen-bond acceptors (Lipinski definition) is 2. The smallest absolute Gasteiger partial charge is 0.333 e. The van der Waals surface area contributed by atoms with Crippen LogP contribution in [0.5, 0.6) is 0 Å². The minimum absolute atomic E-state index is 0.291. The average Bonchev–Trinajstić information content (AvgIpc) is 2.38. The fourth-order valence-corrected chi connectivity index (χ4v) is 3.34. The highest BCUT2D eigenvalue weighted by molar-refractivity contribution is 5.87. The van der Waals surface area contributed by atoms with E-state index in [-0.39, 0.29) is 5.97 Å². The van der Waals surface area contributed by atoms with Gasteiger partial charge in [0, 0.05) is 11.5 Å². The summed E-state index contributed by atoms with van der Waals surface area (Å²) in [5.74, 6) is 0.439. The Bertz CT molecular complexity index is 528. The van der Waals surface area contributed by atoms with Crippen molar-refractivity contribution in [3.63, 3.8) is 0 Å². The normalized spacial score (nSPS) is 22.0. The number of rotatable bonds is 3. The first-order valence-corrected chi connectivity index (χ1v) is 7.29. The van der Waals surface area contributed by atoms with Crippen molar-refractivity contribution in [2.75, 3.05) is 0 Å². The number of fused-ring (bicyclic) bond motifs is 1.